The number of carboxylic acids is 1. The molecule has 1 unspecified atom stereocenters. The first kappa shape index (κ1) is 10.8. The van der Waals surface area contributed by atoms with Crippen LogP contribution in [0.3, 0.4) is 0 Å². The molecule has 0 aromatic carbocycles. The molecule has 0 aliphatic heterocycles. The molecule has 12 heavy (non-hydrogen) atoms. The molecule has 0 saturated carbocycles. The minimum absolute atomic E-state index is 0.0359. The number of unbranched alkanes of at least 4 members (excludes halogenated alkanes) is 1. The summed E-state index contributed by atoms with van der Waals surface area (Å²) in [5.74, 6) is -1.59. The SMILES string of the molecule is O=CCCCC(CC=O)C(=O)O. The first-order chi connectivity index (χ1) is 5.72. The molecular weight excluding hydrogens is 160 g/mol. The topological polar surface area (TPSA) is 71.4 Å². The first-order valence-electron chi connectivity index (χ1n) is 3.82. The smallest absolute Gasteiger partial charge is 0.306 e. The van der Waals surface area contributed by atoms with Crippen molar-refractivity contribution < 1.29 is 19.5 Å². The van der Waals surface area contributed by atoms with Crippen molar-refractivity contribution in [3.8, 4) is 0 Å². The van der Waals surface area contributed by atoms with Gasteiger partial charge in [-0.1, -0.05) is 0 Å². The zero-order chi connectivity index (χ0) is 9.40. The highest BCUT2D eigenvalue weighted by Gasteiger charge is 2.15. The molecule has 0 radical (unpaired) electrons. The molecule has 0 amide bonds. The van der Waals surface area contributed by atoms with Gasteiger partial charge in [0.15, 0.2) is 0 Å². The van der Waals surface area contributed by atoms with Crippen LogP contribution < -0.4 is 0 Å². The van der Waals surface area contributed by atoms with E-state index in [2.05, 4.69) is 0 Å². The van der Waals surface area contributed by atoms with Gasteiger partial charge in [0.25, 0.3) is 0 Å². The van der Waals surface area contributed by atoms with Crippen LogP contribution in [-0.4, -0.2) is 23.6 Å². The Morgan fingerprint density at radius 2 is 2.00 bits per heavy atom. The highest BCUT2D eigenvalue weighted by molar-refractivity contribution is 5.73. The van der Waals surface area contributed by atoms with Crippen LogP contribution in [0.2, 0.25) is 0 Å². The van der Waals surface area contributed by atoms with Gasteiger partial charge < -0.3 is 14.7 Å². The van der Waals surface area contributed by atoms with Gasteiger partial charge in [-0.2, -0.15) is 0 Å². The molecule has 0 heterocycles. The zero-order valence-electron chi connectivity index (χ0n) is 6.73. The Hall–Kier alpha value is -1.19. The Balaban J connectivity index is 3.70. The number of hydrogen-bond acceptors (Lipinski definition) is 3. The molecule has 0 aromatic heterocycles. The van der Waals surface area contributed by atoms with Crippen molar-refractivity contribution in [2.75, 3.05) is 0 Å². The molecule has 0 aliphatic rings. The standard InChI is InChI=1S/C8H12O4/c9-5-2-1-3-7(4-6-10)8(11)12/h5-7H,1-4H2,(H,11,12). The van der Waals surface area contributed by atoms with E-state index in [0.717, 1.165) is 6.29 Å². The molecule has 4 heteroatoms. The molecule has 68 valence electrons. The maximum atomic E-state index is 10.4. The average Bonchev–Trinajstić information content (AvgIpc) is 2.03. The van der Waals surface area contributed by atoms with E-state index in [1.165, 1.54) is 0 Å². The Bertz CT molecular complexity index is 164. The quantitative estimate of drug-likeness (QED) is 0.452. The summed E-state index contributed by atoms with van der Waals surface area (Å²) in [6.07, 6.45) is 2.68. The minimum atomic E-state index is -0.965. The maximum absolute atomic E-state index is 10.4. The van der Waals surface area contributed by atoms with Gasteiger partial charge in [-0.25, -0.2) is 0 Å². The lowest BCUT2D eigenvalue weighted by molar-refractivity contribution is -0.143. The number of carboxylic acid groups (broad SMARTS) is 1. The summed E-state index contributed by atoms with van der Waals surface area (Å²) in [4.78, 5) is 30.4. The number of hydrogen-bond donors (Lipinski definition) is 1. The fourth-order valence-electron chi connectivity index (χ4n) is 0.906. The molecule has 0 aromatic rings. The maximum Gasteiger partial charge on any atom is 0.306 e. The Morgan fingerprint density at radius 1 is 1.33 bits per heavy atom. The molecular formula is C8H12O4. The highest BCUT2D eigenvalue weighted by atomic mass is 16.4. The third kappa shape index (κ3) is 4.60. The van der Waals surface area contributed by atoms with E-state index in [9.17, 15) is 14.4 Å². The van der Waals surface area contributed by atoms with Crippen LogP contribution in [0.15, 0.2) is 0 Å². The summed E-state index contributed by atoms with van der Waals surface area (Å²) in [5, 5.41) is 8.56. The van der Waals surface area contributed by atoms with Crippen molar-refractivity contribution >= 4 is 18.5 Å². The third-order valence-corrected chi connectivity index (χ3v) is 1.60. The Morgan fingerprint density at radius 3 is 2.42 bits per heavy atom. The van der Waals surface area contributed by atoms with Gasteiger partial charge in [-0.05, 0) is 12.8 Å². The Kier molecular flexibility index (Phi) is 5.87. The van der Waals surface area contributed by atoms with Gasteiger partial charge in [-0.3, -0.25) is 4.79 Å². The van der Waals surface area contributed by atoms with Crippen LogP contribution >= 0.6 is 0 Å². The normalized spacial score (nSPS) is 12.0. The molecule has 0 rings (SSSR count). The van der Waals surface area contributed by atoms with E-state index in [1.807, 2.05) is 0 Å². The summed E-state index contributed by atoms with van der Waals surface area (Å²) in [5.41, 5.74) is 0. The van der Waals surface area contributed by atoms with Gasteiger partial charge in [0.1, 0.15) is 12.6 Å². The van der Waals surface area contributed by atoms with Crippen molar-refractivity contribution in [2.45, 2.75) is 25.7 Å². The molecule has 0 aliphatic carbocycles. The van der Waals surface area contributed by atoms with Crippen LogP contribution in [0.5, 0.6) is 0 Å². The van der Waals surface area contributed by atoms with E-state index in [0.29, 0.717) is 25.5 Å². The molecule has 0 bridgehead atoms. The second kappa shape index (κ2) is 6.52. The molecule has 0 saturated heterocycles. The summed E-state index contributed by atoms with van der Waals surface area (Å²) < 4.78 is 0. The molecule has 0 spiro atoms. The minimum Gasteiger partial charge on any atom is -0.481 e. The average molecular weight is 172 g/mol. The van der Waals surface area contributed by atoms with E-state index in [1.54, 1.807) is 0 Å². The van der Waals surface area contributed by atoms with E-state index < -0.39 is 11.9 Å². The van der Waals surface area contributed by atoms with Gasteiger partial charge in [0.2, 0.25) is 0 Å². The van der Waals surface area contributed by atoms with E-state index >= 15 is 0 Å². The summed E-state index contributed by atoms with van der Waals surface area (Å²) in [6.45, 7) is 0. The molecule has 1 atom stereocenters. The van der Waals surface area contributed by atoms with Crippen LogP contribution in [-0.2, 0) is 14.4 Å². The van der Waals surface area contributed by atoms with Crippen LogP contribution in [0.25, 0.3) is 0 Å². The first-order valence-corrected chi connectivity index (χ1v) is 3.82. The number of aliphatic carboxylic acids is 1. The van der Waals surface area contributed by atoms with Gasteiger partial charge >= 0.3 is 5.97 Å². The van der Waals surface area contributed by atoms with Crippen LogP contribution in [0, 0.1) is 5.92 Å². The summed E-state index contributed by atoms with van der Waals surface area (Å²) in [6, 6.07) is 0. The van der Waals surface area contributed by atoms with Crippen LogP contribution in [0.1, 0.15) is 25.7 Å². The lowest BCUT2D eigenvalue weighted by Crippen LogP contribution is -2.14. The number of aldehydes is 2. The summed E-state index contributed by atoms with van der Waals surface area (Å²) >= 11 is 0. The van der Waals surface area contributed by atoms with Gasteiger partial charge in [0, 0.05) is 12.8 Å². The van der Waals surface area contributed by atoms with Crippen molar-refractivity contribution in [1.29, 1.82) is 0 Å². The number of carbonyl (C=O) groups is 3. The number of rotatable bonds is 7. The molecule has 1 N–H and O–H groups in total. The van der Waals surface area contributed by atoms with Crippen molar-refractivity contribution in [2.24, 2.45) is 5.92 Å². The van der Waals surface area contributed by atoms with Gasteiger partial charge in [-0.15, -0.1) is 0 Å². The van der Waals surface area contributed by atoms with E-state index in [4.69, 9.17) is 5.11 Å². The fourth-order valence-corrected chi connectivity index (χ4v) is 0.906. The lowest BCUT2D eigenvalue weighted by Gasteiger charge is -2.05. The predicted molar refractivity (Wildman–Crippen MR) is 41.7 cm³/mol. The van der Waals surface area contributed by atoms with Crippen LogP contribution in [0.4, 0.5) is 0 Å². The van der Waals surface area contributed by atoms with Gasteiger partial charge in [0.05, 0.1) is 5.92 Å². The molecule has 4 nitrogen and oxygen atoms in total. The summed E-state index contributed by atoms with van der Waals surface area (Å²) in [7, 11) is 0. The second-order valence-electron chi connectivity index (χ2n) is 2.54. The monoisotopic (exact) mass is 172 g/mol. The molecule has 0 fully saturated rings. The van der Waals surface area contributed by atoms with Crippen molar-refractivity contribution in [3.63, 3.8) is 0 Å². The highest BCUT2D eigenvalue weighted by Crippen LogP contribution is 2.10. The second-order valence-corrected chi connectivity index (χ2v) is 2.54. The fraction of sp³-hybridized carbons (Fsp3) is 0.625. The Labute approximate surface area is 70.6 Å². The van der Waals surface area contributed by atoms with Crippen molar-refractivity contribution in [3.05, 3.63) is 0 Å². The largest absolute Gasteiger partial charge is 0.481 e. The van der Waals surface area contributed by atoms with E-state index in [-0.39, 0.29) is 6.42 Å². The lowest BCUT2D eigenvalue weighted by atomic mass is 10.00. The third-order valence-electron chi connectivity index (χ3n) is 1.60. The zero-order valence-corrected chi connectivity index (χ0v) is 6.73. The number of carbonyl (C=O) groups excluding carboxylic acids is 2. The van der Waals surface area contributed by atoms with Crippen molar-refractivity contribution in [1.82, 2.24) is 0 Å². The predicted octanol–water partition coefficient (Wildman–Crippen LogP) is 0.645.